The van der Waals surface area contributed by atoms with Crippen molar-refractivity contribution in [1.29, 1.82) is 0 Å². The van der Waals surface area contributed by atoms with E-state index in [2.05, 4.69) is 0 Å². The Morgan fingerprint density at radius 3 is 1.67 bits per heavy atom. The van der Waals surface area contributed by atoms with Crippen molar-refractivity contribution in [2.45, 2.75) is 0 Å². The van der Waals surface area contributed by atoms with Crippen LogP contribution in [0, 0.1) is 0 Å². The smallest absolute Gasteiger partial charge is 0.136 e. The molecule has 0 N–H and O–H groups in total. The lowest BCUT2D eigenvalue weighted by Gasteiger charge is -2.20. The van der Waals surface area contributed by atoms with Gasteiger partial charge in [-0.3, -0.25) is 0 Å². The lowest BCUT2D eigenvalue weighted by atomic mass is 9.83. The molecule has 0 atom stereocenters. The molecule has 0 unspecified atom stereocenters. The molecule has 8 aromatic carbocycles. The zero-order valence-electron chi connectivity index (χ0n) is 40.3. The second-order valence-electron chi connectivity index (χ2n) is 10.4. The Morgan fingerprint density at radius 1 is 0.378 bits per heavy atom. The number of benzene rings is 8. The van der Waals surface area contributed by atoms with Crippen LogP contribution in [0.3, 0.4) is 0 Å². The zero-order chi connectivity index (χ0) is 44.5. The molecular formula is C44H28O. The molecule has 210 valence electrons. The van der Waals surface area contributed by atoms with Crippen molar-refractivity contribution in [2.75, 3.05) is 0 Å². The van der Waals surface area contributed by atoms with Crippen LogP contribution in [0.2, 0.25) is 0 Å². The Hall–Kier alpha value is -5.92. The highest BCUT2D eigenvalue weighted by molar-refractivity contribution is 6.23. The van der Waals surface area contributed by atoms with Gasteiger partial charge in [0.15, 0.2) is 0 Å². The maximum atomic E-state index is 9.49. The summed E-state index contributed by atoms with van der Waals surface area (Å²) in [4.78, 5) is 0. The van der Waals surface area contributed by atoms with Crippen molar-refractivity contribution in [1.82, 2.24) is 0 Å². The van der Waals surface area contributed by atoms with E-state index in [1.807, 2.05) is 0 Å². The second-order valence-corrected chi connectivity index (χ2v) is 10.4. The molecule has 0 aliphatic heterocycles. The summed E-state index contributed by atoms with van der Waals surface area (Å²) < 4.78 is 159. The van der Waals surface area contributed by atoms with E-state index in [9.17, 15) is 6.85 Å². The maximum Gasteiger partial charge on any atom is 0.136 e. The number of hydrogen-bond acceptors (Lipinski definition) is 1. The molecule has 9 aromatic rings. The van der Waals surface area contributed by atoms with Gasteiger partial charge in [-0.2, -0.15) is 0 Å². The van der Waals surface area contributed by atoms with Gasteiger partial charge in [0, 0.05) is 10.8 Å². The summed E-state index contributed by atoms with van der Waals surface area (Å²) in [6.45, 7) is 0. The van der Waals surface area contributed by atoms with Crippen molar-refractivity contribution in [2.24, 2.45) is 0 Å². The zero-order valence-corrected chi connectivity index (χ0v) is 23.3. The lowest BCUT2D eigenvalue weighted by Crippen LogP contribution is -1.93. The van der Waals surface area contributed by atoms with Gasteiger partial charge in [0.1, 0.15) is 11.2 Å². The van der Waals surface area contributed by atoms with Crippen LogP contribution in [0.1, 0.15) is 23.3 Å². The Bertz CT molecular complexity index is 3380. The Labute approximate surface area is 285 Å². The fourth-order valence-electron chi connectivity index (χ4n) is 6.07. The van der Waals surface area contributed by atoms with E-state index in [0.717, 1.165) is 0 Å². The van der Waals surface area contributed by atoms with E-state index in [0.29, 0.717) is 21.9 Å². The normalized spacial score (nSPS) is 16.8. The minimum absolute atomic E-state index is 0.0215. The largest absolute Gasteiger partial charge is 0.456 e. The second kappa shape index (κ2) is 10.4. The standard InChI is InChI=1S/C44H28O/c1-3-15-29(16-4-1)32-19-7-8-20-33(32)43-36-23-11-9-21-34(36)42(35-22-10-12-24-37(35)43)31-27-39(30-17-5-2-6-18-30)44-38-25-13-14-26-40(38)45-41(44)28-31/h1-28H/i2D,5D,6D,7D,8D,9D,10D,11D,12D,17D,18D,19D,20D,21D,22D,23D,24D. The molecule has 1 nitrogen and oxygen atoms in total. The van der Waals surface area contributed by atoms with Crippen LogP contribution in [0.15, 0.2) is 174 Å². The van der Waals surface area contributed by atoms with Crippen LogP contribution in [0.4, 0.5) is 0 Å². The molecule has 1 heterocycles. The predicted octanol–water partition coefficient (Wildman–Crippen LogP) is 12.6. The monoisotopic (exact) mass is 589 g/mol. The maximum absolute atomic E-state index is 9.49. The summed E-state index contributed by atoms with van der Waals surface area (Å²) in [5.41, 5.74) is -0.185. The molecule has 0 aliphatic carbocycles. The number of furan rings is 1. The molecule has 0 spiro atoms. The number of fused-ring (bicyclic) bond motifs is 5. The first-order chi connectivity index (χ1) is 29.4. The highest BCUT2D eigenvalue weighted by atomic mass is 16.3. The van der Waals surface area contributed by atoms with E-state index in [-0.39, 0.29) is 66.1 Å². The Kier molecular flexibility index (Phi) is 3.18. The highest BCUT2D eigenvalue weighted by Gasteiger charge is 2.21. The SMILES string of the molecule is [2H]c1c([2H])c([2H])c(-c2cc(-c3c4c([2H])c([2H])c([2H])c([2H])c4c(-c4c([2H])c([2H])c([2H])c([2H])c4-c4ccccc4)c4c([2H])c([2H])c([2H])c([2H])c34)cc3oc4ccccc4c23)c([2H])c1[2H]. The molecule has 0 fully saturated rings. The van der Waals surface area contributed by atoms with E-state index in [1.54, 1.807) is 54.6 Å². The summed E-state index contributed by atoms with van der Waals surface area (Å²) in [6.07, 6.45) is 0. The van der Waals surface area contributed by atoms with Gasteiger partial charge in [0.05, 0.1) is 23.3 Å². The van der Waals surface area contributed by atoms with Crippen LogP contribution in [-0.2, 0) is 0 Å². The van der Waals surface area contributed by atoms with Gasteiger partial charge in [-0.15, -0.1) is 0 Å². The summed E-state index contributed by atoms with van der Waals surface area (Å²) in [5, 5.41) is -0.351. The van der Waals surface area contributed by atoms with E-state index < -0.39 is 103 Å². The quantitative estimate of drug-likeness (QED) is 0.186. The first-order valence-electron chi connectivity index (χ1n) is 22.6. The molecular weight excluding hydrogens is 544 g/mol. The van der Waals surface area contributed by atoms with Gasteiger partial charge in [-0.25, -0.2) is 0 Å². The average molecular weight is 590 g/mol. The minimum atomic E-state index is -0.732. The number of para-hydroxylation sites is 1. The Morgan fingerprint density at radius 2 is 0.956 bits per heavy atom. The van der Waals surface area contributed by atoms with Crippen molar-refractivity contribution in [3.63, 3.8) is 0 Å². The van der Waals surface area contributed by atoms with Crippen LogP contribution in [-0.4, -0.2) is 0 Å². The van der Waals surface area contributed by atoms with Gasteiger partial charge in [0.25, 0.3) is 0 Å². The van der Waals surface area contributed by atoms with Crippen LogP contribution >= 0.6 is 0 Å². The third-order valence-electron chi connectivity index (χ3n) is 7.91. The van der Waals surface area contributed by atoms with Gasteiger partial charge in [0.2, 0.25) is 0 Å². The molecule has 0 aliphatic rings. The lowest BCUT2D eigenvalue weighted by molar-refractivity contribution is 0.669. The molecule has 1 aromatic heterocycles. The highest BCUT2D eigenvalue weighted by Crippen LogP contribution is 2.48. The first-order valence-corrected chi connectivity index (χ1v) is 14.1. The molecule has 0 amide bonds. The average Bonchev–Trinajstić information content (AvgIpc) is 3.66. The molecule has 9 rings (SSSR count). The van der Waals surface area contributed by atoms with Gasteiger partial charge in [-0.1, -0.05) is 151 Å². The fourth-order valence-corrected chi connectivity index (χ4v) is 6.07. The molecule has 0 radical (unpaired) electrons. The third kappa shape index (κ3) is 4.09. The van der Waals surface area contributed by atoms with Crippen LogP contribution in [0.5, 0.6) is 0 Å². The molecule has 0 saturated heterocycles. The van der Waals surface area contributed by atoms with E-state index in [1.165, 1.54) is 12.1 Å². The van der Waals surface area contributed by atoms with E-state index in [4.69, 9.17) is 20.9 Å². The summed E-state index contributed by atoms with van der Waals surface area (Å²) >= 11 is 0. The van der Waals surface area contributed by atoms with Crippen molar-refractivity contribution < 1.29 is 27.7 Å². The van der Waals surface area contributed by atoms with Crippen molar-refractivity contribution in [3.05, 3.63) is 169 Å². The molecule has 45 heavy (non-hydrogen) atoms. The molecule has 0 saturated carbocycles. The predicted molar refractivity (Wildman–Crippen MR) is 190 cm³/mol. The van der Waals surface area contributed by atoms with Crippen molar-refractivity contribution in [3.8, 4) is 44.5 Å². The summed E-state index contributed by atoms with van der Waals surface area (Å²) in [7, 11) is 0. The first kappa shape index (κ1) is 13.8. The third-order valence-corrected chi connectivity index (χ3v) is 7.91. The fraction of sp³-hybridized carbons (Fsp3) is 0. The van der Waals surface area contributed by atoms with Gasteiger partial charge in [-0.05, 0) is 84.3 Å². The Balaban J connectivity index is 1.61. The summed E-state index contributed by atoms with van der Waals surface area (Å²) in [5.74, 6) is 0. The number of hydrogen-bond donors (Lipinski definition) is 0. The van der Waals surface area contributed by atoms with E-state index >= 15 is 0 Å². The van der Waals surface area contributed by atoms with Gasteiger partial charge >= 0.3 is 0 Å². The topological polar surface area (TPSA) is 13.1 Å². The minimum Gasteiger partial charge on any atom is -0.456 e. The molecule has 0 bridgehead atoms. The molecule has 1 heteroatoms. The van der Waals surface area contributed by atoms with Gasteiger partial charge < -0.3 is 4.42 Å². The van der Waals surface area contributed by atoms with Crippen LogP contribution < -0.4 is 0 Å². The van der Waals surface area contributed by atoms with Crippen LogP contribution in [0.25, 0.3) is 88.0 Å². The number of rotatable bonds is 4. The summed E-state index contributed by atoms with van der Waals surface area (Å²) in [6, 6.07) is 6.92. The van der Waals surface area contributed by atoms with Crippen molar-refractivity contribution >= 4 is 43.5 Å².